The van der Waals surface area contributed by atoms with Crippen molar-refractivity contribution >= 4 is 18.0 Å². The summed E-state index contributed by atoms with van der Waals surface area (Å²) in [5, 5.41) is 14.4. The molecular formula is C26H32N2O5. The fraction of sp³-hybridized carbons (Fsp3) is 0.423. The number of fused-ring (bicyclic) bond motifs is 3. The maximum absolute atomic E-state index is 12.2. The molecule has 1 aliphatic rings. The summed E-state index contributed by atoms with van der Waals surface area (Å²) < 4.78 is 5.47. The number of amides is 2. The SMILES string of the molecule is CC(CCCC(C)C(=O)O)NC(=O)CCNC(=O)OCC1c2ccccc2-c2ccccc21. The topological polar surface area (TPSA) is 105 Å². The Labute approximate surface area is 194 Å². The highest BCUT2D eigenvalue weighted by Crippen LogP contribution is 2.44. The highest BCUT2D eigenvalue weighted by atomic mass is 16.5. The number of rotatable bonds is 11. The van der Waals surface area contributed by atoms with Gasteiger partial charge < -0.3 is 20.5 Å². The van der Waals surface area contributed by atoms with Gasteiger partial charge in [-0.2, -0.15) is 0 Å². The summed E-state index contributed by atoms with van der Waals surface area (Å²) in [6, 6.07) is 16.2. The summed E-state index contributed by atoms with van der Waals surface area (Å²) in [7, 11) is 0. The van der Waals surface area contributed by atoms with Crippen LogP contribution in [0.3, 0.4) is 0 Å². The molecule has 2 unspecified atom stereocenters. The molecule has 2 amide bonds. The van der Waals surface area contributed by atoms with E-state index in [-0.39, 0.29) is 43.4 Å². The molecule has 3 N–H and O–H groups in total. The van der Waals surface area contributed by atoms with Crippen LogP contribution in [0.5, 0.6) is 0 Å². The summed E-state index contributed by atoms with van der Waals surface area (Å²) in [6.07, 6.45) is 1.63. The molecule has 7 nitrogen and oxygen atoms in total. The van der Waals surface area contributed by atoms with Crippen molar-refractivity contribution in [1.29, 1.82) is 0 Å². The predicted molar refractivity (Wildman–Crippen MR) is 126 cm³/mol. The molecule has 2 aromatic carbocycles. The van der Waals surface area contributed by atoms with E-state index >= 15 is 0 Å². The summed E-state index contributed by atoms with van der Waals surface area (Å²) in [4.78, 5) is 35.1. The molecule has 0 radical (unpaired) electrons. The molecule has 0 aromatic heterocycles. The Morgan fingerprint density at radius 1 is 0.970 bits per heavy atom. The van der Waals surface area contributed by atoms with E-state index in [9.17, 15) is 14.4 Å². The van der Waals surface area contributed by atoms with Crippen molar-refractivity contribution in [3.05, 3.63) is 59.7 Å². The third kappa shape index (κ3) is 6.57. The molecule has 0 saturated carbocycles. The Kier molecular flexibility index (Phi) is 8.46. The van der Waals surface area contributed by atoms with Gasteiger partial charge in [0.05, 0.1) is 5.92 Å². The Morgan fingerprint density at radius 2 is 1.58 bits per heavy atom. The van der Waals surface area contributed by atoms with Crippen molar-refractivity contribution in [3.8, 4) is 11.1 Å². The standard InChI is InChI=1S/C26H32N2O5/c1-17(25(30)31)8-7-9-18(2)28-24(29)14-15-27-26(32)33-16-23-21-12-5-3-10-19(21)20-11-4-6-13-22(20)23/h3-6,10-13,17-18,23H,7-9,14-16H2,1-2H3,(H,27,32)(H,28,29)(H,30,31). The molecule has 0 heterocycles. The van der Waals surface area contributed by atoms with Crippen LogP contribution in [0.1, 0.15) is 56.6 Å². The molecule has 1 aliphatic carbocycles. The van der Waals surface area contributed by atoms with Gasteiger partial charge in [-0.3, -0.25) is 9.59 Å². The van der Waals surface area contributed by atoms with Gasteiger partial charge in [-0.25, -0.2) is 4.79 Å². The number of hydrogen-bond donors (Lipinski definition) is 3. The maximum Gasteiger partial charge on any atom is 0.407 e. The fourth-order valence-corrected chi connectivity index (χ4v) is 4.20. The predicted octanol–water partition coefficient (Wildman–Crippen LogP) is 4.31. The lowest BCUT2D eigenvalue weighted by atomic mass is 9.98. The van der Waals surface area contributed by atoms with Crippen LogP contribution in [0.4, 0.5) is 4.79 Å². The average molecular weight is 453 g/mol. The first-order valence-electron chi connectivity index (χ1n) is 11.5. The average Bonchev–Trinajstić information content (AvgIpc) is 3.11. The number of hydrogen-bond acceptors (Lipinski definition) is 4. The molecule has 7 heteroatoms. The zero-order chi connectivity index (χ0) is 23.8. The van der Waals surface area contributed by atoms with Gasteiger partial charge in [0.1, 0.15) is 6.61 Å². The van der Waals surface area contributed by atoms with Crippen molar-refractivity contribution in [1.82, 2.24) is 10.6 Å². The molecule has 176 valence electrons. The number of carboxylic acid groups (broad SMARTS) is 1. The largest absolute Gasteiger partial charge is 0.481 e. The molecule has 0 aliphatic heterocycles. The second kappa shape index (κ2) is 11.5. The monoisotopic (exact) mass is 452 g/mol. The summed E-state index contributed by atoms with van der Waals surface area (Å²) in [6.45, 7) is 3.99. The number of ether oxygens (including phenoxy) is 1. The number of carbonyl (C=O) groups excluding carboxylic acids is 2. The van der Waals surface area contributed by atoms with Crippen LogP contribution in [-0.4, -0.2) is 42.3 Å². The highest BCUT2D eigenvalue weighted by molar-refractivity contribution is 5.79. The molecule has 2 aromatic rings. The number of nitrogens with one attached hydrogen (secondary N) is 2. The van der Waals surface area contributed by atoms with E-state index < -0.39 is 12.1 Å². The van der Waals surface area contributed by atoms with Gasteiger partial charge in [-0.05, 0) is 42.0 Å². The zero-order valence-electron chi connectivity index (χ0n) is 19.2. The summed E-state index contributed by atoms with van der Waals surface area (Å²) in [5.41, 5.74) is 4.64. The van der Waals surface area contributed by atoms with Crippen LogP contribution in [0.25, 0.3) is 11.1 Å². The van der Waals surface area contributed by atoms with E-state index in [1.807, 2.05) is 31.2 Å². The maximum atomic E-state index is 12.2. The van der Waals surface area contributed by atoms with Crippen molar-refractivity contribution < 1.29 is 24.2 Å². The second-order valence-electron chi connectivity index (χ2n) is 8.64. The zero-order valence-corrected chi connectivity index (χ0v) is 19.2. The first-order chi connectivity index (χ1) is 15.9. The Morgan fingerprint density at radius 3 is 2.18 bits per heavy atom. The van der Waals surface area contributed by atoms with Gasteiger partial charge in [-0.1, -0.05) is 61.9 Å². The quantitative estimate of drug-likeness (QED) is 0.471. The van der Waals surface area contributed by atoms with Gasteiger partial charge in [0.25, 0.3) is 0 Å². The van der Waals surface area contributed by atoms with Crippen molar-refractivity contribution in [2.75, 3.05) is 13.2 Å². The van der Waals surface area contributed by atoms with Crippen LogP contribution in [0.2, 0.25) is 0 Å². The first kappa shape index (κ1) is 24.3. The lowest BCUT2D eigenvalue weighted by Crippen LogP contribution is -2.36. The third-order valence-corrected chi connectivity index (χ3v) is 6.07. The van der Waals surface area contributed by atoms with Crippen molar-refractivity contribution in [2.24, 2.45) is 5.92 Å². The van der Waals surface area contributed by atoms with Crippen LogP contribution in [0, 0.1) is 5.92 Å². The smallest absolute Gasteiger partial charge is 0.407 e. The molecular weight excluding hydrogens is 420 g/mol. The molecule has 2 atom stereocenters. The molecule has 33 heavy (non-hydrogen) atoms. The van der Waals surface area contributed by atoms with Gasteiger partial charge in [-0.15, -0.1) is 0 Å². The lowest BCUT2D eigenvalue weighted by molar-refractivity contribution is -0.141. The van der Waals surface area contributed by atoms with E-state index in [4.69, 9.17) is 9.84 Å². The Balaban J connectivity index is 1.37. The second-order valence-corrected chi connectivity index (χ2v) is 8.64. The first-order valence-corrected chi connectivity index (χ1v) is 11.5. The number of carbonyl (C=O) groups is 3. The molecule has 0 spiro atoms. The number of aliphatic carboxylic acids is 1. The summed E-state index contributed by atoms with van der Waals surface area (Å²) >= 11 is 0. The van der Waals surface area contributed by atoms with Crippen molar-refractivity contribution in [3.63, 3.8) is 0 Å². The Bertz CT molecular complexity index is 945. The number of alkyl carbamates (subject to hydrolysis) is 1. The van der Waals surface area contributed by atoms with Gasteiger partial charge >= 0.3 is 12.1 Å². The van der Waals surface area contributed by atoms with E-state index in [0.717, 1.165) is 17.5 Å². The van der Waals surface area contributed by atoms with Crippen LogP contribution >= 0.6 is 0 Å². The van der Waals surface area contributed by atoms with Gasteiger partial charge in [0.15, 0.2) is 0 Å². The van der Waals surface area contributed by atoms with Crippen molar-refractivity contribution in [2.45, 2.75) is 51.5 Å². The third-order valence-electron chi connectivity index (χ3n) is 6.07. The molecule has 0 saturated heterocycles. The minimum Gasteiger partial charge on any atom is -0.481 e. The van der Waals surface area contributed by atoms with Crippen LogP contribution < -0.4 is 10.6 Å². The van der Waals surface area contributed by atoms with Gasteiger partial charge in [0.2, 0.25) is 5.91 Å². The molecule has 0 bridgehead atoms. The molecule has 3 rings (SSSR count). The van der Waals surface area contributed by atoms with E-state index in [0.29, 0.717) is 12.8 Å². The molecule has 0 fully saturated rings. The van der Waals surface area contributed by atoms with E-state index in [1.54, 1.807) is 6.92 Å². The van der Waals surface area contributed by atoms with Crippen LogP contribution in [0.15, 0.2) is 48.5 Å². The van der Waals surface area contributed by atoms with Crippen LogP contribution in [-0.2, 0) is 14.3 Å². The van der Waals surface area contributed by atoms with Gasteiger partial charge in [0, 0.05) is 24.9 Å². The Hall–Kier alpha value is -3.35. The fourth-order valence-electron chi connectivity index (χ4n) is 4.20. The minimum atomic E-state index is -0.800. The van der Waals surface area contributed by atoms with E-state index in [2.05, 4.69) is 34.9 Å². The summed E-state index contributed by atoms with van der Waals surface area (Å²) in [5.74, 6) is -1.34. The number of carboxylic acids is 1. The number of benzene rings is 2. The van der Waals surface area contributed by atoms with E-state index in [1.165, 1.54) is 11.1 Å². The lowest BCUT2D eigenvalue weighted by Gasteiger charge is -2.16. The highest BCUT2D eigenvalue weighted by Gasteiger charge is 2.28. The normalized spacial score (nSPS) is 14.0. The minimum absolute atomic E-state index is 0.00357.